The van der Waals surface area contributed by atoms with E-state index in [0.29, 0.717) is 5.56 Å². The molecule has 1 aromatic carbocycles. The summed E-state index contributed by atoms with van der Waals surface area (Å²) >= 11 is 0. The highest BCUT2D eigenvalue weighted by atomic mass is 19.1. The predicted molar refractivity (Wildman–Crippen MR) is 58.8 cm³/mol. The Morgan fingerprint density at radius 2 is 2.00 bits per heavy atom. The largest absolute Gasteiger partial charge is 0.396 e. The van der Waals surface area contributed by atoms with Crippen LogP contribution in [0.1, 0.15) is 5.69 Å². The minimum absolute atomic E-state index is 0.160. The van der Waals surface area contributed by atoms with Crippen LogP contribution in [0.25, 0.3) is 11.1 Å². The summed E-state index contributed by atoms with van der Waals surface area (Å²) in [5.41, 5.74) is 7.79. The van der Waals surface area contributed by atoms with Crippen molar-refractivity contribution in [1.29, 1.82) is 0 Å². The van der Waals surface area contributed by atoms with Gasteiger partial charge in [0.15, 0.2) is 5.82 Å². The molecule has 0 fully saturated rings. The van der Waals surface area contributed by atoms with Gasteiger partial charge in [-0.05, 0) is 19.1 Å². The zero-order valence-electron chi connectivity index (χ0n) is 8.37. The van der Waals surface area contributed by atoms with Crippen molar-refractivity contribution in [1.82, 2.24) is 4.98 Å². The molecule has 0 spiro atoms. The van der Waals surface area contributed by atoms with Gasteiger partial charge in [-0.2, -0.15) is 0 Å². The lowest BCUT2D eigenvalue weighted by Gasteiger charge is -2.05. The number of nitrogens with zero attached hydrogens (tertiary/aromatic N) is 1. The molecule has 0 unspecified atom stereocenters. The Hall–Kier alpha value is -1.90. The maximum Gasteiger partial charge on any atom is 0.153 e. The first kappa shape index (κ1) is 9.65. The summed E-state index contributed by atoms with van der Waals surface area (Å²) in [6, 6.07) is 8.64. The van der Waals surface area contributed by atoms with Crippen molar-refractivity contribution in [3.05, 3.63) is 48.0 Å². The lowest BCUT2D eigenvalue weighted by atomic mass is 10.1. The molecule has 15 heavy (non-hydrogen) atoms. The summed E-state index contributed by atoms with van der Waals surface area (Å²) in [6.07, 6.45) is 1.65. The molecule has 1 heterocycles. The average Bonchev–Trinajstić information content (AvgIpc) is 2.24. The van der Waals surface area contributed by atoms with Crippen molar-refractivity contribution < 1.29 is 4.39 Å². The Balaban J connectivity index is 2.54. The number of aromatic nitrogens is 1. The SMILES string of the molecule is Cc1ccc(-c2cccc(N)c2F)cn1. The van der Waals surface area contributed by atoms with Gasteiger partial charge in [-0.15, -0.1) is 0 Å². The van der Waals surface area contributed by atoms with Crippen LogP contribution in [-0.2, 0) is 0 Å². The lowest BCUT2D eigenvalue weighted by Crippen LogP contribution is -1.93. The van der Waals surface area contributed by atoms with Crippen LogP contribution in [0.4, 0.5) is 10.1 Å². The maximum atomic E-state index is 13.6. The van der Waals surface area contributed by atoms with Crippen molar-refractivity contribution in [2.24, 2.45) is 0 Å². The Labute approximate surface area is 87.6 Å². The first-order chi connectivity index (χ1) is 7.18. The Kier molecular flexibility index (Phi) is 2.37. The van der Waals surface area contributed by atoms with Crippen LogP contribution < -0.4 is 5.73 Å². The van der Waals surface area contributed by atoms with E-state index in [9.17, 15) is 4.39 Å². The van der Waals surface area contributed by atoms with E-state index in [1.54, 1.807) is 24.4 Å². The lowest BCUT2D eigenvalue weighted by molar-refractivity contribution is 0.636. The Morgan fingerprint density at radius 1 is 1.20 bits per heavy atom. The maximum absolute atomic E-state index is 13.6. The number of hydrogen-bond donors (Lipinski definition) is 1. The second kappa shape index (κ2) is 3.69. The van der Waals surface area contributed by atoms with Crippen LogP contribution >= 0.6 is 0 Å². The topological polar surface area (TPSA) is 38.9 Å². The van der Waals surface area contributed by atoms with E-state index in [0.717, 1.165) is 11.3 Å². The molecule has 3 heteroatoms. The highest BCUT2D eigenvalue weighted by Crippen LogP contribution is 2.25. The van der Waals surface area contributed by atoms with Crippen LogP contribution in [0.15, 0.2) is 36.5 Å². The van der Waals surface area contributed by atoms with E-state index in [1.165, 1.54) is 0 Å². The molecule has 76 valence electrons. The van der Waals surface area contributed by atoms with E-state index in [-0.39, 0.29) is 11.5 Å². The van der Waals surface area contributed by atoms with Gasteiger partial charge >= 0.3 is 0 Å². The molecule has 1 aromatic heterocycles. The molecule has 0 aliphatic rings. The molecule has 2 aromatic rings. The van der Waals surface area contributed by atoms with Gasteiger partial charge in [0.2, 0.25) is 0 Å². The fourth-order valence-electron chi connectivity index (χ4n) is 1.40. The Bertz CT molecular complexity index is 477. The van der Waals surface area contributed by atoms with Crippen LogP contribution in [0.3, 0.4) is 0 Å². The molecular weight excluding hydrogens is 191 g/mol. The number of nitrogen functional groups attached to an aromatic ring is 1. The van der Waals surface area contributed by atoms with Crippen LogP contribution in [0, 0.1) is 12.7 Å². The van der Waals surface area contributed by atoms with Crippen molar-refractivity contribution in [2.75, 3.05) is 5.73 Å². The molecule has 2 N–H and O–H groups in total. The molecule has 0 aliphatic carbocycles. The van der Waals surface area contributed by atoms with Crippen molar-refractivity contribution in [2.45, 2.75) is 6.92 Å². The smallest absolute Gasteiger partial charge is 0.153 e. The third kappa shape index (κ3) is 1.81. The number of benzene rings is 1. The number of nitrogens with two attached hydrogens (primary N) is 1. The summed E-state index contributed by atoms with van der Waals surface area (Å²) in [5, 5.41) is 0. The summed E-state index contributed by atoms with van der Waals surface area (Å²) in [4.78, 5) is 4.12. The highest BCUT2D eigenvalue weighted by Gasteiger charge is 2.07. The standard InChI is InChI=1S/C12H11FN2/c1-8-5-6-9(7-15-8)10-3-2-4-11(14)12(10)13/h2-7H,14H2,1H3. The van der Waals surface area contributed by atoms with E-state index in [2.05, 4.69) is 4.98 Å². The summed E-state index contributed by atoms with van der Waals surface area (Å²) in [7, 11) is 0. The predicted octanol–water partition coefficient (Wildman–Crippen LogP) is 2.78. The van der Waals surface area contributed by atoms with Gasteiger partial charge in [-0.25, -0.2) is 4.39 Å². The number of hydrogen-bond acceptors (Lipinski definition) is 2. The highest BCUT2D eigenvalue weighted by molar-refractivity contribution is 5.67. The fraction of sp³-hybridized carbons (Fsp3) is 0.0833. The van der Waals surface area contributed by atoms with Gasteiger partial charge in [0.1, 0.15) is 0 Å². The molecule has 0 bridgehead atoms. The minimum atomic E-state index is -0.386. The number of rotatable bonds is 1. The molecule has 0 amide bonds. The van der Waals surface area contributed by atoms with Gasteiger partial charge < -0.3 is 5.73 Å². The normalized spacial score (nSPS) is 10.3. The van der Waals surface area contributed by atoms with Crippen LogP contribution in [0.5, 0.6) is 0 Å². The third-order valence-corrected chi connectivity index (χ3v) is 2.25. The number of anilines is 1. The van der Waals surface area contributed by atoms with E-state index >= 15 is 0 Å². The zero-order chi connectivity index (χ0) is 10.8. The quantitative estimate of drug-likeness (QED) is 0.722. The van der Waals surface area contributed by atoms with E-state index in [1.807, 2.05) is 19.1 Å². The molecule has 0 radical (unpaired) electrons. The molecule has 2 nitrogen and oxygen atoms in total. The van der Waals surface area contributed by atoms with Crippen LogP contribution in [0.2, 0.25) is 0 Å². The zero-order valence-corrected chi connectivity index (χ0v) is 8.37. The van der Waals surface area contributed by atoms with Gasteiger partial charge in [-0.3, -0.25) is 4.98 Å². The van der Waals surface area contributed by atoms with Gasteiger partial charge in [0.05, 0.1) is 5.69 Å². The summed E-state index contributed by atoms with van der Waals surface area (Å²) in [6.45, 7) is 1.89. The van der Waals surface area contributed by atoms with Crippen molar-refractivity contribution >= 4 is 5.69 Å². The second-order valence-corrected chi connectivity index (χ2v) is 3.40. The molecule has 0 atom stereocenters. The fourth-order valence-corrected chi connectivity index (χ4v) is 1.40. The van der Waals surface area contributed by atoms with E-state index in [4.69, 9.17) is 5.73 Å². The second-order valence-electron chi connectivity index (χ2n) is 3.40. The van der Waals surface area contributed by atoms with Gasteiger partial charge in [-0.1, -0.05) is 18.2 Å². The molecule has 0 saturated heterocycles. The molecule has 2 rings (SSSR count). The molecular formula is C12H11FN2. The first-order valence-electron chi connectivity index (χ1n) is 4.65. The minimum Gasteiger partial charge on any atom is -0.396 e. The number of pyridine rings is 1. The van der Waals surface area contributed by atoms with Gasteiger partial charge in [0, 0.05) is 23.0 Å². The number of halogens is 1. The van der Waals surface area contributed by atoms with E-state index < -0.39 is 0 Å². The van der Waals surface area contributed by atoms with Crippen LogP contribution in [-0.4, -0.2) is 4.98 Å². The third-order valence-electron chi connectivity index (χ3n) is 2.25. The van der Waals surface area contributed by atoms with Crippen molar-refractivity contribution in [3.8, 4) is 11.1 Å². The average molecular weight is 202 g/mol. The summed E-state index contributed by atoms with van der Waals surface area (Å²) in [5.74, 6) is -0.386. The molecule has 0 saturated carbocycles. The number of aryl methyl sites for hydroxylation is 1. The Morgan fingerprint density at radius 3 is 2.67 bits per heavy atom. The van der Waals surface area contributed by atoms with Gasteiger partial charge in [0.25, 0.3) is 0 Å². The first-order valence-corrected chi connectivity index (χ1v) is 4.65. The summed E-state index contributed by atoms with van der Waals surface area (Å²) < 4.78 is 13.6. The van der Waals surface area contributed by atoms with Crippen molar-refractivity contribution in [3.63, 3.8) is 0 Å². The monoisotopic (exact) mass is 202 g/mol. The molecule has 0 aliphatic heterocycles.